The van der Waals surface area contributed by atoms with E-state index in [9.17, 15) is 38.7 Å². The van der Waals surface area contributed by atoms with Gasteiger partial charge in [0.25, 0.3) is 11.1 Å². The van der Waals surface area contributed by atoms with Gasteiger partial charge in [0, 0.05) is 54.9 Å². The van der Waals surface area contributed by atoms with Gasteiger partial charge in [0.2, 0.25) is 0 Å². The Bertz CT molecular complexity index is 3200. The first-order valence-corrected chi connectivity index (χ1v) is 30.0. The summed E-state index contributed by atoms with van der Waals surface area (Å²) in [6.45, 7) is 7.64. The summed E-state index contributed by atoms with van der Waals surface area (Å²) >= 11 is 0. The number of rotatable bonds is 40. The Labute approximate surface area is 534 Å². The number of Topliss-reactive ketones (excluding diaryl/α,β-unsaturated/α-hetero) is 1. The number of hydrogen-bond acceptors (Lipinski definition) is 12. The van der Waals surface area contributed by atoms with Crippen LogP contribution in [0, 0.1) is 0 Å². The van der Waals surface area contributed by atoms with Crippen molar-refractivity contribution in [1.82, 2.24) is 37.4 Å². The number of aliphatic hydroxyl groups excluding tert-OH is 1. The van der Waals surface area contributed by atoms with Crippen molar-refractivity contribution < 1.29 is 59.9 Å². The number of hydrogen-bond donors (Lipinski definition) is 1. The second-order valence-corrected chi connectivity index (χ2v) is 20.4. The molecule has 4 rings (SSSR count). The second kappa shape index (κ2) is 47.5. The number of ether oxygens (including phenoxy) is 2. The number of aryl methyl sites for hydroxylation is 2. The maximum Gasteiger partial charge on any atom is 1.00 e. The van der Waals surface area contributed by atoms with Crippen LogP contribution < -0.4 is 52.1 Å². The van der Waals surface area contributed by atoms with Crippen molar-refractivity contribution in [3.63, 3.8) is 0 Å². The minimum Gasteiger partial charge on any atom is -1.00 e. The fourth-order valence-corrected chi connectivity index (χ4v) is 8.48. The fraction of sp³-hybridized carbons (Fsp3) is 0.500. The van der Waals surface area contributed by atoms with Gasteiger partial charge in [0.1, 0.15) is 18.4 Å². The van der Waals surface area contributed by atoms with Gasteiger partial charge in [-0.1, -0.05) is 135 Å². The van der Waals surface area contributed by atoms with Crippen molar-refractivity contribution in [1.29, 1.82) is 0 Å². The van der Waals surface area contributed by atoms with Gasteiger partial charge in [-0.05, 0) is 136 Å². The molecule has 86 heavy (non-hydrogen) atoms. The molecule has 4 aromatic heterocycles. The minimum absolute atomic E-state index is 0. The van der Waals surface area contributed by atoms with Crippen molar-refractivity contribution in [2.24, 2.45) is 14.1 Å². The number of allylic oxidation sites excluding steroid dienone is 20. The number of unbranched alkanes of at least 4 members (excludes halogenated alkanes) is 4. The predicted molar refractivity (Wildman–Crippen MR) is 344 cm³/mol. The topological polar surface area (TPSA) is 214 Å². The summed E-state index contributed by atoms with van der Waals surface area (Å²) in [5.74, 6) is -0.644. The molecule has 0 aliphatic rings. The largest absolute Gasteiger partial charge is 1.00 e. The van der Waals surface area contributed by atoms with Gasteiger partial charge < -0.3 is 20.8 Å². The molecular formula is C66H95BN8NaO10. The molecule has 4 aromatic rings. The monoisotopic (exact) mass is 1190 g/mol. The van der Waals surface area contributed by atoms with Crippen LogP contribution in [0.4, 0.5) is 0 Å². The molecule has 0 aromatic carbocycles. The van der Waals surface area contributed by atoms with E-state index in [1.165, 1.54) is 42.4 Å². The summed E-state index contributed by atoms with van der Waals surface area (Å²) in [6.07, 6.45) is 61.9. The van der Waals surface area contributed by atoms with E-state index in [2.05, 4.69) is 145 Å². The van der Waals surface area contributed by atoms with E-state index < -0.39 is 28.6 Å². The molecule has 0 aliphatic heterocycles. The van der Waals surface area contributed by atoms with Gasteiger partial charge in [0.15, 0.2) is 35.8 Å². The van der Waals surface area contributed by atoms with E-state index in [0.717, 1.165) is 81.6 Å². The normalized spacial score (nSPS) is 12.5. The van der Waals surface area contributed by atoms with Crippen molar-refractivity contribution >= 4 is 48.5 Å². The van der Waals surface area contributed by atoms with Gasteiger partial charge in [-0.2, -0.15) is 0 Å². The molecule has 0 saturated heterocycles. The molecular weight excluding hydrogens is 1100 g/mol. The van der Waals surface area contributed by atoms with Crippen LogP contribution in [0.5, 0.6) is 0 Å². The van der Waals surface area contributed by atoms with Gasteiger partial charge in [0.05, 0.1) is 6.10 Å². The molecule has 20 heteroatoms. The molecule has 463 valence electrons. The molecule has 0 spiro atoms. The SMILES string of the molecule is CC/C=C\C/C=C\C/C=C\C/C=C\C/C=C\CCCC(=O)OCn1cnc2c1c(=O)n(CCCCC(C)=O)c(=O)n2C.CC/C=C\C/C=C\C/C=C\C/C=C\C/C=C\CCCC(=O)OCn1cnc2c1c(=O)n(CCCCC(C)O)c(=O)n2C.[B].[H-].[Na+]. The van der Waals surface area contributed by atoms with Crippen LogP contribution in [0.15, 0.2) is 153 Å². The van der Waals surface area contributed by atoms with Gasteiger partial charge in [-0.25, -0.2) is 19.6 Å². The van der Waals surface area contributed by atoms with Crippen LogP contribution in [0.1, 0.15) is 170 Å². The summed E-state index contributed by atoms with van der Waals surface area (Å²) in [5, 5.41) is 9.43. The molecule has 1 N–H and O–H groups in total. The van der Waals surface area contributed by atoms with E-state index in [0.29, 0.717) is 51.4 Å². The number of esters is 2. The Morgan fingerprint density at radius 3 is 1.16 bits per heavy atom. The molecule has 18 nitrogen and oxygen atoms in total. The second-order valence-electron chi connectivity index (χ2n) is 20.4. The van der Waals surface area contributed by atoms with Gasteiger partial charge in [-0.3, -0.25) is 46.6 Å². The molecule has 4 heterocycles. The summed E-state index contributed by atoms with van der Waals surface area (Å²) in [5.41, 5.74) is -0.942. The number of carbonyl (C=O) groups is 3. The maximum absolute atomic E-state index is 13.1. The molecule has 0 amide bonds. The van der Waals surface area contributed by atoms with Crippen LogP contribution in [-0.4, -0.2) is 74.7 Å². The number of aromatic nitrogens is 8. The molecule has 1 atom stereocenters. The molecule has 0 saturated carbocycles. The third-order valence-corrected chi connectivity index (χ3v) is 13.2. The Hall–Kier alpha value is -6.67. The van der Waals surface area contributed by atoms with E-state index in [1.54, 1.807) is 21.0 Å². The number of ketones is 1. The standard InChI is InChI=1S/C33H48N4O5.C33H46N4O5.B.Na.H/c2*1-4-5-6-7-8-9-10-11-12-13-14-15-16-17-18-19-20-24-29(39)42-27-36-26-34-31-30(36)32(40)37(33(41)35(31)3)25-22-21-23-28(2)38;;;/h5-6,8-9,11-12,14-15,17-18,26,28,38H,4,7,10,13,16,19-25,27H2,1-3H3;5-6,8-9,11-12,14-15,17-18,26H,4,7,10,13,16,19-25,27H2,1-3H3;;;/q;;;+1;-1/b2*6-5-,9-8-,12-11-,15-14-,18-17-;;;. The van der Waals surface area contributed by atoms with Crippen molar-refractivity contribution in [3.8, 4) is 0 Å². The van der Waals surface area contributed by atoms with Crippen molar-refractivity contribution in [3.05, 3.63) is 176 Å². The first kappa shape index (κ1) is 77.3. The average molecular weight is 1190 g/mol. The fourth-order valence-electron chi connectivity index (χ4n) is 8.48. The molecule has 0 bridgehead atoms. The van der Waals surface area contributed by atoms with Crippen LogP contribution >= 0.6 is 0 Å². The third kappa shape index (κ3) is 30.6. The Morgan fingerprint density at radius 1 is 0.512 bits per heavy atom. The first-order valence-electron chi connectivity index (χ1n) is 30.0. The van der Waals surface area contributed by atoms with E-state index in [4.69, 9.17) is 9.47 Å². The zero-order valence-electron chi connectivity index (χ0n) is 53.4. The summed E-state index contributed by atoms with van der Waals surface area (Å²) in [4.78, 5) is 95.5. The summed E-state index contributed by atoms with van der Waals surface area (Å²) < 4.78 is 18.6. The van der Waals surface area contributed by atoms with Crippen LogP contribution in [0.3, 0.4) is 0 Å². The zero-order chi connectivity index (χ0) is 61.2. The molecule has 3 radical (unpaired) electrons. The molecule has 0 aliphatic carbocycles. The number of aliphatic hydroxyl groups is 1. The quantitative estimate of drug-likeness (QED) is 0.0192. The zero-order valence-corrected chi connectivity index (χ0v) is 54.4. The molecule has 0 fully saturated rings. The number of fused-ring (bicyclic) bond motifs is 2. The van der Waals surface area contributed by atoms with E-state index in [-0.39, 0.29) is 119 Å². The summed E-state index contributed by atoms with van der Waals surface area (Å²) in [6, 6.07) is 0. The third-order valence-electron chi connectivity index (χ3n) is 13.2. The maximum atomic E-state index is 13.1. The van der Waals surface area contributed by atoms with Crippen LogP contribution in [-0.2, 0) is 64.5 Å². The van der Waals surface area contributed by atoms with E-state index in [1.807, 2.05) is 0 Å². The Kier molecular flexibility index (Phi) is 42.7. The summed E-state index contributed by atoms with van der Waals surface area (Å²) in [7, 11) is 3.11. The van der Waals surface area contributed by atoms with E-state index >= 15 is 0 Å². The van der Waals surface area contributed by atoms with Crippen LogP contribution in [0.2, 0.25) is 0 Å². The first-order chi connectivity index (χ1) is 40.7. The number of nitrogens with zero attached hydrogens (tertiary/aromatic N) is 8. The van der Waals surface area contributed by atoms with Crippen LogP contribution in [0.25, 0.3) is 22.3 Å². The van der Waals surface area contributed by atoms with Crippen molar-refractivity contribution in [2.45, 2.75) is 202 Å². The Morgan fingerprint density at radius 2 is 0.837 bits per heavy atom. The smallest absolute Gasteiger partial charge is 1.00 e. The van der Waals surface area contributed by atoms with Gasteiger partial charge in [-0.15, -0.1) is 0 Å². The van der Waals surface area contributed by atoms with Gasteiger partial charge >= 0.3 is 52.9 Å². The predicted octanol–water partition coefficient (Wildman–Crippen LogP) is 8.68. The minimum atomic E-state index is -0.483. The molecule has 1 unspecified atom stereocenters. The number of imidazole rings is 2. The Balaban J connectivity index is 0.00000164. The number of carbonyl (C=O) groups excluding carboxylic acids is 3. The average Bonchev–Trinajstić information content (AvgIpc) is 2.28. The van der Waals surface area contributed by atoms with Crippen molar-refractivity contribution in [2.75, 3.05) is 0 Å².